The van der Waals surface area contributed by atoms with Gasteiger partial charge >= 0.3 is 0 Å². The van der Waals surface area contributed by atoms with Gasteiger partial charge in [-0.15, -0.1) is 10.2 Å². The predicted molar refractivity (Wildman–Crippen MR) is 130 cm³/mol. The largest absolute Gasteiger partial charge is 0.497 e. The van der Waals surface area contributed by atoms with Crippen molar-refractivity contribution in [1.29, 1.82) is 0 Å². The monoisotopic (exact) mass is 461 g/mol. The van der Waals surface area contributed by atoms with E-state index in [0.717, 1.165) is 22.7 Å². The molecule has 3 N–H and O–H groups in total. The molecule has 0 atom stereocenters. The van der Waals surface area contributed by atoms with E-state index in [9.17, 15) is 4.79 Å². The molecule has 0 bridgehead atoms. The van der Waals surface area contributed by atoms with Gasteiger partial charge in [-0.05, 0) is 72.8 Å². The van der Waals surface area contributed by atoms with Crippen LogP contribution in [0, 0.1) is 0 Å². The molecule has 1 amide bonds. The van der Waals surface area contributed by atoms with E-state index in [1.807, 2.05) is 53.1 Å². The highest BCUT2D eigenvalue weighted by molar-refractivity contribution is 7.99. The number of anilines is 2. The zero-order chi connectivity index (χ0) is 23.2. The third-order valence-electron chi connectivity index (χ3n) is 4.84. The van der Waals surface area contributed by atoms with Crippen LogP contribution in [0.4, 0.5) is 11.4 Å². The molecule has 4 aromatic rings. The third-order valence-corrected chi connectivity index (χ3v) is 5.77. The van der Waals surface area contributed by atoms with Gasteiger partial charge in [-0.1, -0.05) is 11.8 Å². The maximum Gasteiger partial charge on any atom is 0.234 e. The zero-order valence-corrected chi connectivity index (χ0v) is 19.0. The number of rotatable bonds is 8. The summed E-state index contributed by atoms with van der Waals surface area (Å²) in [5.74, 6) is 2.17. The van der Waals surface area contributed by atoms with Gasteiger partial charge in [0.2, 0.25) is 5.91 Å². The lowest BCUT2D eigenvalue weighted by Crippen LogP contribution is -2.14. The van der Waals surface area contributed by atoms with E-state index in [1.165, 1.54) is 11.8 Å². The lowest BCUT2D eigenvalue weighted by atomic mass is 10.2. The number of aromatic nitrogens is 3. The second-order valence-electron chi connectivity index (χ2n) is 7.03. The molecule has 0 fully saturated rings. The number of thioether (sulfide) groups is 1. The van der Waals surface area contributed by atoms with E-state index in [1.54, 1.807) is 38.5 Å². The normalized spacial score (nSPS) is 10.6. The number of ether oxygens (including phenoxy) is 2. The van der Waals surface area contributed by atoms with Gasteiger partial charge in [-0.2, -0.15) is 0 Å². The number of nitrogen functional groups attached to an aromatic ring is 1. The molecule has 0 aliphatic heterocycles. The van der Waals surface area contributed by atoms with Gasteiger partial charge in [0.15, 0.2) is 11.0 Å². The molecule has 4 rings (SSSR count). The fraction of sp³-hybridized carbons (Fsp3) is 0.125. The minimum atomic E-state index is -0.153. The summed E-state index contributed by atoms with van der Waals surface area (Å²) in [6, 6.07) is 22.2. The lowest BCUT2D eigenvalue weighted by Gasteiger charge is -2.11. The Labute approximate surface area is 195 Å². The summed E-state index contributed by atoms with van der Waals surface area (Å²) in [5.41, 5.74) is 8.75. The van der Waals surface area contributed by atoms with Crippen LogP contribution in [0.25, 0.3) is 17.1 Å². The number of carbonyl (C=O) groups excluding carboxylic acids is 1. The molecule has 9 heteroatoms. The Hall–Kier alpha value is -3.98. The Kier molecular flexibility index (Phi) is 6.80. The first-order chi connectivity index (χ1) is 16.1. The van der Waals surface area contributed by atoms with Crippen molar-refractivity contribution < 1.29 is 14.3 Å². The highest BCUT2D eigenvalue weighted by Crippen LogP contribution is 2.30. The molecule has 1 heterocycles. The number of benzene rings is 3. The number of amides is 1. The Morgan fingerprint density at radius 1 is 0.909 bits per heavy atom. The molecule has 0 aliphatic rings. The minimum absolute atomic E-state index is 0.153. The summed E-state index contributed by atoms with van der Waals surface area (Å²) in [5, 5.41) is 12.2. The standard InChI is InChI=1S/C24H23N5O3S/c1-31-20-11-3-16(4-12-20)23-27-28-24(29(23)19-9-13-21(32-2)14-10-19)33-15-22(30)26-18-7-5-17(25)6-8-18/h3-14H,15,25H2,1-2H3,(H,26,30). The van der Waals surface area contributed by atoms with Crippen molar-refractivity contribution in [3.05, 3.63) is 72.8 Å². The Balaban J connectivity index is 1.60. The highest BCUT2D eigenvalue weighted by Gasteiger charge is 2.18. The summed E-state index contributed by atoms with van der Waals surface area (Å²) < 4.78 is 12.5. The number of hydrogen-bond acceptors (Lipinski definition) is 7. The number of methoxy groups -OCH3 is 2. The van der Waals surface area contributed by atoms with Crippen LogP contribution in [0.15, 0.2) is 78.0 Å². The van der Waals surface area contributed by atoms with Crippen molar-refractivity contribution in [1.82, 2.24) is 14.8 Å². The molecule has 168 valence electrons. The van der Waals surface area contributed by atoms with Gasteiger partial charge in [0.05, 0.1) is 20.0 Å². The number of hydrogen-bond donors (Lipinski definition) is 2. The zero-order valence-electron chi connectivity index (χ0n) is 18.2. The Morgan fingerprint density at radius 3 is 2.12 bits per heavy atom. The lowest BCUT2D eigenvalue weighted by molar-refractivity contribution is -0.113. The molecule has 3 aromatic carbocycles. The molecule has 0 unspecified atom stereocenters. The molecule has 8 nitrogen and oxygen atoms in total. The summed E-state index contributed by atoms with van der Waals surface area (Å²) in [7, 11) is 3.25. The molecule has 0 saturated heterocycles. The van der Waals surface area contributed by atoms with Crippen molar-refractivity contribution in [3.63, 3.8) is 0 Å². The van der Waals surface area contributed by atoms with E-state index in [2.05, 4.69) is 15.5 Å². The highest BCUT2D eigenvalue weighted by atomic mass is 32.2. The van der Waals surface area contributed by atoms with E-state index < -0.39 is 0 Å². The van der Waals surface area contributed by atoms with E-state index in [4.69, 9.17) is 15.2 Å². The molecule has 0 aliphatic carbocycles. The number of carbonyl (C=O) groups is 1. The van der Waals surface area contributed by atoms with E-state index >= 15 is 0 Å². The first-order valence-electron chi connectivity index (χ1n) is 10.1. The first-order valence-corrected chi connectivity index (χ1v) is 11.1. The van der Waals surface area contributed by atoms with Gasteiger partial charge in [0, 0.05) is 22.6 Å². The van der Waals surface area contributed by atoms with E-state index in [-0.39, 0.29) is 11.7 Å². The fourth-order valence-electron chi connectivity index (χ4n) is 3.15. The van der Waals surface area contributed by atoms with Gasteiger partial charge in [0.1, 0.15) is 11.5 Å². The van der Waals surface area contributed by atoms with Crippen molar-refractivity contribution in [2.24, 2.45) is 0 Å². The van der Waals surface area contributed by atoms with E-state index in [0.29, 0.717) is 22.4 Å². The van der Waals surface area contributed by atoms with Gasteiger partial charge in [-0.25, -0.2) is 0 Å². The van der Waals surface area contributed by atoms with Crippen LogP contribution in [0.5, 0.6) is 11.5 Å². The summed E-state index contributed by atoms with van der Waals surface area (Å²) in [6.45, 7) is 0. The number of nitrogens with two attached hydrogens (primary N) is 1. The second-order valence-corrected chi connectivity index (χ2v) is 7.97. The Bertz CT molecular complexity index is 1220. The molecule has 33 heavy (non-hydrogen) atoms. The quantitative estimate of drug-likeness (QED) is 0.298. The molecule has 0 saturated carbocycles. The second kappa shape index (κ2) is 10.1. The SMILES string of the molecule is COc1ccc(-c2nnc(SCC(=O)Nc3ccc(N)cc3)n2-c2ccc(OC)cc2)cc1. The predicted octanol–water partition coefficient (Wildman–Crippen LogP) is 4.26. The molecule has 1 aromatic heterocycles. The van der Waals surface area contributed by atoms with Crippen LogP contribution in [-0.4, -0.2) is 40.6 Å². The van der Waals surface area contributed by atoms with Crippen molar-refractivity contribution >= 4 is 29.0 Å². The van der Waals surface area contributed by atoms with Crippen LogP contribution in [0.1, 0.15) is 0 Å². The summed E-state index contributed by atoms with van der Waals surface area (Å²) in [4.78, 5) is 12.5. The fourth-order valence-corrected chi connectivity index (χ4v) is 3.90. The maximum absolute atomic E-state index is 12.5. The maximum atomic E-state index is 12.5. The summed E-state index contributed by atoms with van der Waals surface area (Å²) >= 11 is 1.30. The third kappa shape index (κ3) is 5.27. The number of nitrogens with zero attached hydrogens (tertiary/aromatic N) is 3. The van der Waals surface area contributed by atoms with Gasteiger partial charge in [-0.3, -0.25) is 9.36 Å². The Morgan fingerprint density at radius 2 is 1.52 bits per heavy atom. The van der Waals surface area contributed by atoms with Crippen molar-refractivity contribution in [3.8, 4) is 28.6 Å². The van der Waals surface area contributed by atoms with Crippen molar-refractivity contribution in [2.75, 3.05) is 31.0 Å². The first kappa shape index (κ1) is 22.2. The number of nitrogens with one attached hydrogen (secondary N) is 1. The smallest absolute Gasteiger partial charge is 0.234 e. The van der Waals surface area contributed by atoms with Crippen LogP contribution < -0.4 is 20.5 Å². The minimum Gasteiger partial charge on any atom is -0.497 e. The molecular weight excluding hydrogens is 438 g/mol. The summed E-state index contributed by atoms with van der Waals surface area (Å²) in [6.07, 6.45) is 0. The van der Waals surface area contributed by atoms with Crippen LogP contribution >= 0.6 is 11.8 Å². The van der Waals surface area contributed by atoms with Gasteiger partial charge in [0.25, 0.3) is 0 Å². The average Bonchev–Trinajstić information content (AvgIpc) is 3.28. The van der Waals surface area contributed by atoms with Crippen LogP contribution in [0.2, 0.25) is 0 Å². The van der Waals surface area contributed by atoms with Crippen molar-refractivity contribution in [2.45, 2.75) is 5.16 Å². The van der Waals surface area contributed by atoms with Gasteiger partial charge < -0.3 is 20.5 Å². The van der Waals surface area contributed by atoms with Crippen LogP contribution in [-0.2, 0) is 4.79 Å². The topological polar surface area (TPSA) is 104 Å². The van der Waals surface area contributed by atoms with Crippen LogP contribution in [0.3, 0.4) is 0 Å². The molecular formula is C24H23N5O3S. The average molecular weight is 462 g/mol. The molecule has 0 radical (unpaired) electrons. The molecule has 0 spiro atoms.